The summed E-state index contributed by atoms with van der Waals surface area (Å²) in [6.45, 7) is 5.89. The highest BCUT2D eigenvalue weighted by molar-refractivity contribution is 5.26. The molecule has 0 heterocycles. The highest BCUT2D eigenvalue weighted by Gasteiger charge is 2.31. The Morgan fingerprint density at radius 2 is 1.78 bits per heavy atom. The van der Waals surface area contributed by atoms with Crippen molar-refractivity contribution in [2.24, 2.45) is 11.3 Å². The van der Waals surface area contributed by atoms with Gasteiger partial charge in [0.1, 0.15) is 0 Å². The predicted octanol–water partition coefficient (Wildman–Crippen LogP) is 3.90. The van der Waals surface area contributed by atoms with Crippen molar-refractivity contribution < 1.29 is 18.3 Å². The second-order valence-electron chi connectivity index (χ2n) is 5.65. The molecule has 0 spiro atoms. The van der Waals surface area contributed by atoms with Crippen LogP contribution >= 0.6 is 0 Å². The van der Waals surface area contributed by atoms with Gasteiger partial charge in [-0.3, -0.25) is 0 Å². The van der Waals surface area contributed by atoms with Crippen molar-refractivity contribution in [3.8, 4) is 0 Å². The third-order valence-electron chi connectivity index (χ3n) is 3.18. The zero-order valence-corrected chi connectivity index (χ0v) is 10.9. The van der Waals surface area contributed by atoms with E-state index < -0.39 is 11.7 Å². The summed E-state index contributed by atoms with van der Waals surface area (Å²) in [5.74, 6) is -0.0546. The van der Waals surface area contributed by atoms with Crippen molar-refractivity contribution in [1.82, 2.24) is 0 Å². The zero-order valence-electron chi connectivity index (χ0n) is 10.9. The van der Waals surface area contributed by atoms with E-state index in [9.17, 15) is 18.3 Å². The van der Waals surface area contributed by atoms with Crippen LogP contribution in [0.2, 0.25) is 0 Å². The number of aliphatic hydroxyl groups excluding tert-OH is 1. The lowest BCUT2D eigenvalue weighted by atomic mass is 9.77. The fourth-order valence-electron chi connectivity index (χ4n) is 1.80. The largest absolute Gasteiger partial charge is 0.416 e. The fraction of sp³-hybridized carbons (Fsp3) is 0.571. The Hall–Kier alpha value is -1.03. The highest BCUT2D eigenvalue weighted by Crippen LogP contribution is 2.32. The van der Waals surface area contributed by atoms with Gasteiger partial charge in [-0.05, 0) is 29.4 Å². The molecule has 0 saturated heterocycles. The molecule has 0 aliphatic heterocycles. The Morgan fingerprint density at radius 3 is 2.22 bits per heavy atom. The van der Waals surface area contributed by atoms with E-state index in [4.69, 9.17) is 0 Å². The maximum Gasteiger partial charge on any atom is 0.416 e. The topological polar surface area (TPSA) is 20.2 Å². The molecule has 102 valence electrons. The Balaban J connectivity index is 2.92. The minimum Gasteiger partial charge on any atom is -0.396 e. The number of hydrogen-bond acceptors (Lipinski definition) is 1. The van der Waals surface area contributed by atoms with Gasteiger partial charge in [-0.2, -0.15) is 13.2 Å². The molecule has 0 aliphatic rings. The van der Waals surface area contributed by atoms with Gasteiger partial charge in [0, 0.05) is 6.61 Å². The summed E-state index contributed by atoms with van der Waals surface area (Å²) in [5, 5.41) is 9.33. The minimum absolute atomic E-state index is 0.0280. The summed E-state index contributed by atoms with van der Waals surface area (Å²) in [5.41, 5.74) is -0.160. The first-order chi connectivity index (χ1) is 8.14. The van der Waals surface area contributed by atoms with Crippen molar-refractivity contribution >= 4 is 0 Å². The van der Waals surface area contributed by atoms with Crippen molar-refractivity contribution in [1.29, 1.82) is 0 Å². The van der Waals surface area contributed by atoms with Gasteiger partial charge >= 0.3 is 6.18 Å². The van der Waals surface area contributed by atoms with Crippen LogP contribution < -0.4 is 0 Å². The first-order valence-corrected chi connectivity index (χ1v) is 5.91. The van der Waals surface area contributed by atoms with E-state index in [0.29, 0.717) is 12.0 Å². The summed E-state index contributed by atoms with van der Waals surface area (Å²) < 4.78 is 37.7. The monoisotopic (exact) mass is 260 g/mol. The van der Waals surface area contributed by atoms with Crippen LogP contribution in [0.5, 0.6) is 0 Å². The van der Waals surface area contributed by atoms with Crippen LogP contribution in [0.3, 0.4) is 0 Å². The van der Waals surface area contributed by atoms with Crippen LogP contribution in [0.1, 0.15) is 31.9 Å². The summed E-state index contributed by atoms with van der Waals surface area (Å²) >= 11 is 0. The summed E-state index contributed by atoms with van der Waals surface area (Å²) in [6, 6.07) is 5.31. The van der Waals surface area contributed by atoms with Gasteiger partial charge in [-0.15, -0.1) is 0 Å². The van der Waals surface area contributed by atoms with E-state index in [1.807, 2.05) is 20.8 Å². The molecular formula is C14H19F3O. The standard InChI is InChI=1S/C14H19F3O/c1-13(2,3)12(9-18)8-10-5-4-6-11(7-10)14(15,16)17/h4-7,12,18H,8-9H2,1-3H3. The quantitative estimate of drug-likeness (QED) is 0.873. The molecule has 0 radical (unpaired) electrons. The van der Waals surface area contributed by atoms with Gasteiger partial charge in [0.15, 0.2) is 0 Å². The molecule has 1 nitrogen and oxygen atoms in total. The molecule has 0 saturated carbocycles. The van der Waals surface area contributed by atoms with Crippen molar-refractivity contribution in [2.45, 2.75) is 33.4 Å². The van der Waals surface area contributed by atoms with Crippen molar-refractivity contribution in [3.05, 3.63) is 35.4 Å². The summed E-state index contributed by atoms with van der Waals surface area (Å²) in [7, 11) is 0. The average Bonchev–Trinajstić information content (AvgIpc) is 2.23. The molecule has 0 fully saturated rings. The Bertz CT molecular complexity index is 391. The van der Waals surface area contributed by atoms with Gasteiger partial charge in [0.25, 0.3) is 0 Å². The minimum atomic E-state index is -4.31. The number of benzene rings is 1. The number of hydrogen-bond donors (Lipinski definition) is 1. The van der Waals surface area contributed by atoms with E-state index in [1.165, 1.54) is 6.07 Å². The lowest BCUT2D eigenvalue weighted by Gasteiger charge is -2.29. The van der Waals surface area contributed by atoms with Crippen LogP contribution in [0.25, 0.3) is 0 Å². The second kappa shape index (κ2) is 5.31. The first-order valence-electron chi connectivity index (χ1n) is 5.91. The SMILES string of the molecule is CC(C)(C)C(CO)Cc1cccc(C(F)(F)F)c1. The van der Waals surface area contributed by atoms with E-state index in [1.54, 1.807) is 6.07 Å². The molecule has 1 rings (SSSR count). The van der Waals surface area contributed by atoms with Crippen LogP contribution in [0.4, 0.5) is 13.2 Å². The lowest BCUT2D eigenvalue weighted by molar-refractivity contribution is -0.137. The fourth-order valence-corrected chi connectivity index (χ4v) is 1.80. The van der Waals surface area contributed by atoms with Gasteiger partial charge < -0.3 is 5.11 Å². The smallest absolute Gasteiger partial charge is 0.396 e. The molecule has 1 aromatic rings. The average molecular weight is 260 g/mol. The summed E-state index contributed by atoms with van der Waals surface area (Å²) in [4.78, 5) is 0. The van der Waals surface area contributed by atoms with Crippen LogP contribution in [0.15, 0.2) is 24.3 Å². The van der Waals surface area contributed by atoms with Crippen LogP contribution in [-0.4, -0.2) is 11.7 Å². The van der Waals surface area contributed by atoms with E-state index in [0.717, 1.165) is 12.1 Å². The number of rotatable bonds is 3. The first kappa shape index (κ1) is 15.0. The number of halogens is 3. The molecule has 1 atom stereocenters. The second-order valence-corrected chi connectivity index (χ2v) is 5.65. The van der Waals surface area contributed by atoms with E-state index >= 15 is 0 Å². The van der Waals surface area contributed by atoms with Gasteiger partial charge in [-0.25, -0.2) is 0 Å². The van der Waals surface area contributed by atoms with Crippen molar-refractivity contribution in [3.63, 3.8) is 0 Å². The van der Waals surface area contributed by atoms with E-state index in [2.05, 4.69) is 0 Å². The zero-order chi connectivity index (χ0) is 14.0. The lowest BCUT2D eigenvalue weighted by Crippen LogP contribution is -2.26. The molecule has 1 aromatic carbocycles. The Labute approximate surface area is 106 Å². The Morgan fingerprint density at radius 1 is 1.17 bits per heavy atom. The van der Waals surface area contributed by atoms with Crippen LogP contribution in [0, 0.1) is 11.3 Å². The maximum absolute atomic E-state index is 12.6. The number of aliphatic hydroxyl groups is 1. The van der Waals surface area contributed by atoms with E-state index in [-0.39, 0.29) is 17.9 Å². The molecule has 0 bridgehead atoms. The molecular weight excluding hydrogens is 241 g/mol. The summed E-state index contributed by atoms with van der Waals surface area (Å²) in [6.07, 6.45) is -3.86. The molecule has 0 aromatic heterocycles. The molecule has 0 amide bonds. The van der Waals surface area contributed by atoms with Crippen LogP contribution in [-0.2, 0) is 12.6 Å². The third kappa shape index (κ3) is 4.02. The Kier molecular flexibility index (Phi) is 4.43. The molecule has 1 N–H and O–H groups in total. The molecule has 4 heteroatoms. The van der Waals surface area contributed by atoms with Crippen molar-refractivity contribution in [2.75, 3.05) is 6.61 Å². The predicted molar refractivity (Wildman–Crippen MR) is 65.2 cm³/mol. The maximum atomic E-state index is 12.6. The third-order valence-corrected chi connectivity index (χ3v) is 3.18. The van der Waals surface area contributed by atoms with Gasteiger partial charge in [0.05, 0.1) is 5.56 Å². The molecule has 1 unspecified atom stereocenters. The number of alkyl halides is 3. The van der Waals surface area contributed by atoms with Gasteiger partial charge in [0.2, 0.25) is 0 Å². The van der Waals surface area contributed by atoms with Gasteiger partial charge in [-0.1, -0.05) is 39.0 Å². The normalized spacial score (nSPS) is 14.6. The molecule has 0 aliphatic carbocycles. The highest BCUT2D eigenvalue weighted by atomic mass is 19.4. The molecule has 18 heavy (non-hydrogen) atoms.